The van der Waals surface area contributed by atoms with E-state index in [-0.39, 0.29) is 214 Å². The maximum atomic E-state index is 13.2. The van der Waals surface area contributed by atoms with Crippen molar-refractivity contribution < 1.29 is 142 Å². The van der Waals surface area contributed by atoms with Crippen LogP contribution in [0.25, 0.3) is 0 Å². The lowest BCUT2D eigenvalue weighted by molar-refractivity contribution is -0.145. The van der Waals surface area contributed by atoms with E-state index >= 15 is 0 Å². The molecule has 35 N–H and O–H groups in total. The Hall–Kier alpha value is -5.50. The molecule has 0 aliphatic carbocycles. The maximum absolute atomic E-state index is 13.2. The molecule has 50 nitrogen and oxygen atoms in total. The highest BCUT2D eigenvalue weighted by Crippen LogP contribution is 2.40. The van der Waals surface area contributed by atoms with Gasteiger partial charge in [-0.25, -0.2) is 0 Å². The van der Waals surface area contributed by atoms with Crippen molar-refractivity contribution in [2.75, 3.05) is 148 Å². The molecule has 10 atom stereocenters. The molecule has 0 bridgehead atoms. The standard InChI is InChI=1S/C17H29BN4O6S.C16H27BN4O6S.3C14H31BN4O6S/c19-9-10-21(11-14-5-2-1-3-6-14)29(27,28)22-12-15(7-4-8-18(25)26)17(20,13-22)16(23)24;18-9-10-21(14-6-2-1-3-7-14)28(26,27)20-11-13(5-4-8-17(24)25)16(19,12-20)15(22)23;1-13(2,3)19(8-7-16)26(24,25)18-9-11(5-4-6-15(22)23)14(17,10-18)12(20)21;1-11(2)8-18(7-6-16)26(24,25)19-9-12(4-3-5-15(22)23)14(17,10-19)13(20)21;1-2-3-8-18(9-7-16)26(24,25)19-10-12(5-4-6-15(22)23)14(17,11-19)13(20)21/h1-3,5-6,15,25-26H,4,7-13,19-20H2,(H,23,24);1-3,6-7,13,24-25H,4-5,8-12,18-19H2,(H,22,23);11,22-23H,4-10,16-17H2,1-3H3,(H,20,21);11-12,22-23H,3-10,16-17H2,1-2H3,(H,20,21);12,22-23H,2-11,16-17H2,1H3,(H,20,21)/t15-,17-;13-,16-;11-,14-;2*12-,14-/m00000/s1. The van der Waals surface area contributed by atoms with Crippen molar-refractivity contribution in [1.82, 2.24) is 38.7 Å². The summed E-state index contributed by atoms with van der Waals surface area (Å²) in [5.41, 5.74) is 50.0. The van der Waals surface area contributed by atoms with Gasteiger partial charge in [0.1, 0.15) is 27.7 Å². The average molecular weight is 2030 g/mol. The van der Waals surface area contributed by atoms with Crippen LogP contribution in [0.2, 0.25) is 31.6 Å². The Bertz CT molecular complexity index is 4580. The summed E-state index contributed by atoms with van der Waals surface area (Å²) in [6.45, 7) is 10.9. The molecule has 5 aliphatic heterocycles. The van der Waals surface area contributed by atoms with Crippen molar-refractivity contribution in [2.45, 2.75) is 190 Å². The molecule has 0 amide bonds. The molecule has 7 rings (SSSR count). The van der Waals surface area contributed by atoms with Crippen molar-refractivity contribution in [2.24, 2.45) is 92.8 Å². The van der Waals surface area contributed by atoms with Crippen LogP contribution < -0.4 is 61.6 Å². The molecule has 2 aromatic rings. The highest BCUT2D eigenvalue weighted by molar-refractivity contribution is 7.90. The Morgan fingerprint density at radius 2 is 0.637 bits per heavy atom. The van der Waals surface area contributed by atoms with Crippen LogP contribution in [-0.4, -0.2) is 399 Å². The molecular weight excluding hydrogens is 1880 g/mol. The van der Waals surface area contributed by atoms with Gasteiger partial charge in [0.15, 0.2) is 0 Å². The Labute approximate surface area is 795 Å². The van der Waals surface area contributed by atoms with E-state index in [4.69, 9.17) is 108 Å². The van der Waals surface area contributed by atoms with Crippen LogP contribution in [-0.2, 0) is 81.6 Å². The largest absolute Gasteiger partial charge is 0.480 e. The fourth-order valence-electron chi connectivity index (χ4n) is 16.7. The second-order valence-electron chi connectivity index (χ2n) is 36.2. The first kappa shape index (κ1) is 124. The van der Waals surface area contributed by atoms with Gasteiger partial charge >= 0.3 is 75.6 Å². The van der Waals surface area contributed by atoms with Gasteiger partial charge in [0.2, 0.25) is 0 Å². The number of unbranched alkanes of at least 4 members (excludes halogenated alkanes) is 1. The second kappa shape index (κ2) is 55.2. The summed E-state index contributed by atoms with van der Waals surface area (Å²) in [5.74, 6) is -9.45. The van der Waals surface area contributed by atoms with E-state index < -0.39 is 179 Å². The van der Waals surface area contributed by atoms with Crippen LogP contribution in [0.15, 0.2) is 60.7 Å². The normalized spacial score (nSPS) is 23.9. The highest BCUT2D eigenvalue weighted by atomic mass is 32.2. The molecule has 2 aromatic carbocycles. The summed E-state index contributed by atoms with van der Waals surface area (Å²) >= 11 is 0. The Morgan fingerprint density at radius 3 is 0.904 bits per heavy atom. The van der Waals surface area contributed by atoms with Crippen LogP contribution in [0, 0.1) is 35.5 Å². The number of hydrogen-bond donors (Lipinski definition) is 25. The second-order valence-corrected chi connectivity index (χ2v) is 45.7. The maximum Gasteiger partial charge on any atom is 0.451 e. The molecule has 0 aromatic heterocycles. The summed E-state index contributed by atoms with van der Waals surface area (Å²) in [5, 5.41) is 138. The van der Waals surface area contributed by atoms with E-state index in [1.807, 2.05) is 26.8 Å². The number of nitrogens with two attached hydrogens (primary N) is 10. The molecule has 774 valence electrons. The summed E-state index contributed by atoms with van der Waals surface area (Å²) in [4.78, 5) is 58.7. The van der Waals surface area contributed by atoms with Crippen LogP contribution in [0.5, 0.6) is 0 Å². The van der Waals surface area contributed by atoms with Gasteiger partial charge in [-0.2, -0.15) is 80.8 Å². The number of carbonyl (C=O) groups is 5. The first-order valence-electron chi connectivity index (χ1n) is 44.9. The molecule has 5 heterocycles. The molecule has 0 saturated carbocycles. The fraction of sp³-hybridized carbons (Fsp3) is 0.773. The summed E-state index contributed by atoms with van der Waals surface area (Å²) in [6.07, 6.45) is 4.85. The van der Waals surface area contributed by atoms with Crippen LogP contribution in [0.4, 0.5) is 5.69 Å². The Kier molecular flexibility index (Phi) is 50.6. The van der Waals surface area contributed by atoms with Crippen molar-refractivity contribution in [1.29, 1.82) is 0 Å². The number of hydrogen-bond acceptors (Lipinski definition) is 35. The number of benzene rings is 2. The number of anilines is 1. The highest BCUT2D eigenvalue weighted by Gasteiger charge is 2.59. The Balaban J connectivity index is 0.000000435. The summed E-state index contributed by atoms with van der Waals surface area (Å²) in [7, 11) is -27.2. The van der Waals surface area contributed by atoms with E-state index in [2.05, 4.69) is 0 Å². The average Bonchev–Trinajstić information content (AvgIpc) is 1.62. The van der Waals surface area contributed by atoms with Crippen molar-refractivity contribution in [3.63, 3.8) is 0 Å². The van der Waals surface area contributed by atoms with Gasteiger partial charge in [-0.05, 0) is 115 Å². The fourth-order valence-corrected chi connectivity index (χ4v) is 25.9. The van der Waals surface area contributed by atoms with Gasteiger partial charge in [0, 0.05) is 186 Å². The molecule has 5 fully saturated rings. The third-order valence-electron chi connectivity index (χ3n) is 24.3. The Morgan fingerprint density at radius 1 is 0.378 bits per heavy atom. The topological polar surface area (TPSA) is 852 Å². The van der Waals surface area contributed by atoms with Gasteiger partial charge in [-0.1, -0.05) is 108 Å². The quantitative estimate of drug-likeness (QED) is 0.0274. The zero-order valence-corrected chi connectivity index (χ0v) is 82.1. The first-order valence-corrected chi connectivity index (χ1v) is 51.9. The number of nitrogens with zero attached hydrogens (tertiary/aromatic N) is 10. The zero-order valence-electron chi connectivity index (χ0n) is 78.0. The minimum Gasteiger partial charge on any atom is -0.480 e. The number of carboxylic acids is 5. The smallest absolute Gasteiger partial charge is 0.451 e. The molecule has 60 heteroatoms. The predicted molar refractivity (Wildman–Crippen MR) is 509 cm³/mol. The van der Waals surface area contributed by atoms with E-state index in [0.717, 1.165) is 37.8 Å². The lowest BCUT2D eigenvalue weighted by atomic mass is 9.78. The van der Waals surface area contributed by atoms with E-state index in [9.17, 15) is 91.6 Å². The predicted octanol–water partition coefficient (Wildman–Crippen LogP) is -8.05. The minimum atomic E-state index is -4.05. The molecular formula is C75H149B5N20O30S5. The van der Waals surface area contributed by atoms with Crippen LogP contribution >= 0.6 is 0 Å². The van der Waals surface area contributed by atoms with Crippen LogP contribution in [0.3, 0.4) is 0 Å². The number of rotatable bonds is 53. The summed E-state index contributed by atoms with van der Waals surface area (Å²) in [6, 6.07) is 17.5. The molecule has 5 saturated heterocycles. The molecule has 135 heavy (non-hydrogen) atoms. The van der Waals surface area contributed by atoms with Gasteiger partial charge in [-0.15, -0.1) is 0 Å². The SMILES string of the molecule is CC(C)(C)N(CCN)S(=O)(=O)N1C[C@H](CCCB(O)O)[C@](N)(C(=O)O)C1.CC(C)CN(CCN)S(=O)(=O)N1C[C@H](CCCB(O)O)[C@](N)(C(=O)O)C1.CCCCN(CCN)S(=O)(=O)N1C[C@H](CCCB(O)O)[C@](N)(C(=O)O)C1.NCCN(Cc1ccccc1)S(=O)(=O)N1C[C@H](CCCB(O)O)[C@](N)(C(=O)O)C1.NCCN(c1ccccc1)S(=O)(=O)N1C[C@H](CCCB(O)O)[C@](N)(C(=O)O)C1. The third-order valence-corrected chi connectivity index (χ3v) is 34.2. The van der Waals surface area contributed by atoms with Gasteiger partial charge in [0.25, 0.3) is 40.8 Å². The molecule has 0 unspecified atom stereocenters. The van der Waals surface area contributed by atoms with Gasteiger partial charge in [0.05, 0.1) is 5.69 Å². The van der Waals surface area contributed by atoms with Gasteiger partial charge in [-0.3, -0.25) is 28.3 Å². The zero-order chi connectivity index (χ0) is 103. The monoisotopic (exact) mass is 2020 g/mol. The van der Waals surface area contributed by atoms with Crippen molar-refractivity contribution in [3.05, 3.63) is 66.2 Å². The number of para-hydroxylation sites is 1. The number of aliphatic carboxylic acids is 5. The van der Waals surface area contributed by atoms with Crippen LogP contribution in [0.1, 0.15) is 124 Å². The third kappa shape index (κ3) is 35.0. The number of carboxylic acid groups (broad SMARTS) is 5. The minimum absolute atomic E-state index is 0.0140. The lowest BCUT2D eigenvalue weighted by Gasteiger charge is -2.37. The van der Waals surface area contributed by atoms with E-state index in [0.29, 0.717) is 50.8 Å². The molecule has 5 aliphatic rings. The van der Waals surface area contributed by atoms with Gasteiger partial charge < -0.3 is 133 Å². The summed E-state index contributed by atoms with van der Waals surface area (Å²) < 4.78 is 143. The van der Waals surface area contributed by atoms with E-state index in [1.54, 1.807) is 75.4 Å². The van der Waals surface area contributed by atoms with E-state index in [1.165, 1.54) is 17.2 Å². The van der Waals surface area contributed by atoms with Crippen molar-refractivity contribution in [3.8, 4) is 0 Å². The molecule has 0 radical (unpaired) electrons. The lowest BCUT2D eigenvalue weighted by Crippen LogP contribution is -2.57. The van der Waals surface area contributed by atoms with Crippen molar-refractivity contribution >= 4 is 122 Å². The first-order chi connectivity index (χ1) is 62.5. The molecule has 0 spiro atoms.